The number of esters is 1. The monoisotopic (exact) mass is 392 g/mol. The van der Waals surface area contributed by atoms with Crippen LogP contribution in [0.3, 0.4) is 0 Å². The normalized spacial score (nSPS) is 12.1. The molecule has 28 heavy (non-hydrogen) atoms. The second kappa shape index (κ2) is 12.1. The van der Waals surface area contributed by atoms with Crippen LogP contribution in [0.2, 0.25) is 0 Å². The predicted molar refractivity (Wildman–Crippen MR) is 106 cm³/mol. The number of benzene rings is 1. The number of amides is 2. The summed E-state index contributed by atoms with van der Waals surface area (Å²) in [4.78, 5) is 41.9. The minimum absolute atomic E-state index is 0.211. The maximum Gasteiger partial charge on any atom is 0.329 e. The number of nitrogens with one attached hydrogen (secondary N) is 2. The Morgan fingerprint density at radius 3 is 2.36 bits per heavy atom. The van der Waals surface area contributed by atoms with Gasteiger partial charge >= 0.3 is 5.97 Å². The third-order valence-corrected chi connectivity index (χ3v) is 3.71. The molecule has 156 valence electrons. The first-order chi connectivity index (χ1) is 13.2. The molecule has 0 aliphatic rings. The first-order valence-electron chi connectivity index (χ1n) is 9.68. The molecule has 0 fully saturated rings. The number of hydroxylamine groups is 1. The second-order valence-electron chi connectivity index (χ2n) is 7.57. The molecule has 2 amide bonds. The minimum Gasteiger partial charge on any atom is -0.464 e. The molecule has 0 spiro atoms. The van der Waals surface area contributed by atoms with Gasteiger partial charge in [0.05, 0.1) is 18.6 Å². The molecule has 2 N–H and O–H groups in total. The molecule has 0 aliphatic heterocycles. The summed E-state index contributed by atoms with van der Waals surface area (Å²) in [6.07, 6.45) is 2.10. The van der Waals surface area contributed by atoms with Crippen molar-refractivity contribution in [1.29, 1.82) is 0 Å². The van der Waals surface area contributed by atoms with Crippen LogP contribution < -0.4 is 10.8 Å². The van der Waals surface area contributed by atoms with Gasteiger partial charge in [0.1, 0.15) is 6.04 Å². The fourth-order valence-corrected chi connectivity index (χ4v) is 2.22. The van der Waals surface area contributed by atoms with Crippen LogP contribution in [-0.4, -0.2) is 36.0 Å². The largest absolute Gasteiger partial charge is 0.464 e. The van der Waals surface area contributed by atoms with E-state index in [2.05, 4.69) is 10.8 Å². The van der Waals surface area contributed by atoms with Gasteiger partial charge in [0.15, 0.2) is 0 Å². The molecule has 0 saturated heterocycles. The van der Waals surface area contributed by atoms with E-state index in [1.165, 1.54) is 0 Å². The van der Waals surface area contributed by atoms with Crippen molar-refractivity contribution in [2.75, 3.05) is 6.61 Å². The molecule has 1 rings (SSSR count). The van der Waals surface area contributed by atoms with Crippen LogP contribution in [0.5, 0.6) is 0 Å². The number of hydrogen-bond acceptors (Lipinski definition) is 5. The zero-order chi connectivity index (χ0) is 21.0. The number of unbranched alkanes of at least 4 members (excludes halogenated alkanes) is 1. The Labute approximate surface area is 167 Å². The molecule has 0 saturated carbocycles. The van der Waals surface area contributed by atoms with Crippen molar-refractivity contribution in [3.8, 4) is 0 Å². The molecule has 0 heterocycles. The van der Waals surface area contributed by atoms with Crippen molar-refractivity contribution < 1.29 is 24.0 Å². The van der Waals surface area contributed by atoms with Crippen molar-refractivity contribution >= 4 is 17.8 Å². The van der Waals surface area contributed by atoms with Crippen molar-refractivity contribution in [1.82, 2.24) is 10.8 Å². The lowest BCUT2D eigenvalue weighted by molar-refractivity contribution is -0.153. The second-order valence-corrected chi connectivity index (χ2v) is 7.57. The van der Waals surface area contributed by atoms with Crippen LogP contribution in [0.15, 0.2) is 30.3 Å². The Morgan fingerprint density at radius 1 is 1.07 bits per heavy atom. The Bertz CT molecular complexity index is 625. The number of carbonyl (C=O) groups is 3. The lowest BCUT2D eigenvalue weighted by Crippen LogP contribution is -2.46. The minimum atomic E-state index is -1.05. The van der Waals surface area contributed by atoms with Gasteiger partial charge in [0.25, 0.3) is 0 Å². The summed E-state index contributed by atoms with van der Waals surface area (Å²) in [5.41, 5.74) is 2.77. The topological polar surface area (TPSA) is 93.7 Å². The SMILES string of the molecule is CCCCOC(=O)[C@H](CC(=O)NOC(C)(C)C)NC(=O)CCc1ccccc1. The molecule has 0 radical (unpaired) electrons. The number of aryl methyl sites for hydroxylation is 1. The third kappa shape index (κ3) is 10.7. The summed E-state index contributed by atoms with van der Waals surface area (Å²) in [5.74, 6) is -1.44. The van der Waals surface area contributed by atoms with Gasteiger partial charge in [0, 0.05) is 6.42 Å². The fraction of sp³-hybridized carbons (Fsp3) is 0.571. The van der Waals surface area contributed by atoms with Crippen LogP contribution in [0.25, 0.3) is 0 Å². The number of hydrogen-bond donors (Lipinski definition) is 2. The smallest absolute Gasteiger partial charge is 0.329 e. The summed E-state index contributed by atoms with van der Waals surface area (Å²) in [6.45, 7) is 7.60. The highest BCUT2D eigenvalue weighted by atomic mass is 16.7. The fourth-order valence-electron chi connectivity index (χ4n) is 2.22. The van der Waals surface area contributed by atoms with Gasteiger partial charge in [-0.3, -0.25) is 14.4 Å². The van der Waals surface area contributed by atoms with E-state index in [0.717, 1.165) is 18.4 Å². The summed E-state index contributed by atoms with van der Waals surface area (Å²) in [7, 11) is 0. The van der Waals surface area contributed by atoms with E-state index in [1.807, 2.05) is 37.3 Å². The quantitative estimate of drug-likeness (QED) is 0.343. The van der Waals surface area contributed by atoms with Crippen molar-refractivity contribution in [3.63, 3.8) is 0 Å². The van der Waals surface area contributed by atoms with Gasteiger partial charge in [-0.15, -0.1) is 0 Å². The van der Waals surface area contributed by atoms with Gasteiger partial charge in [0.2, 0.25) is 11.8 Å². The van der Waals surface area contributed by atoms with Crippen LogP contribution in [-0.2, 0) is 30.4 Å². The van der Waals surface area contributed by atoms with Crippen molar-refractivity contribution in [2.24, 2.45) is 0 Å². The lowest BCUT2D eigenvalue weighted by atomic mass is 10.1. The maximum atomic E-state index is 12.3. The van der Waals surface area contributed by atoms with Crippen LogP contribution in [0.1, 0.15) is 58.9 Å². The van der Waals surface area contributed by atoms with Crippen LogP contribution >= 0.6 is 0 Å². The number of ether oxygens (including phenoxy) is 1. The predicted octanol–water partition coefficient (Wildman–Crippen LogP) is 2.68. The zero-order valence-electron chi connectivity index (χ0n) is 17.2. The molecule has 0 aromatic heterocycles. The van der Waals surface area contributed by atoms with Gasteiger partial charge < -0.3 is 10.1 Å². The molecule has 1 aromatic rings. The molecular weight excluding hydrogens is 360 g/mol. The molecule has 1 atom stereocenters. The van der Waals surface area contributed by atoms with Gasteiger partial charge in [-0.25, -0.2) is 10.3 Å². The van der Waals surface area contributed by atoms with E-state index in [0.29, 0.717) is 6.42 Å². The van der Waals surface area contributed by atoms with Crippen molar-refractivity contribution in [2.45, 2.75) is 71.4 Å². The van der Waals surface area contributed by atoms with E-state index in [9.17, 15) is 14.4 Å². The Kier molecular flexibility index (Phi) is 10.2. The van der Waals surface area contributed by atoms with Gasteiger partial charge in [-0.1, -0.05) is 43.7 Å². The van der Waals surface area contributed by atoms with E-state index >= 15 is 0 Å². The molecule has 0 bridgehead atoms. The summed E-state index contributed by atoms with van der Waals surface area (Å²) < 4.78 is 5.18. The molecule has 7 heteroatoms. The molecular formula is C21H32N2O5. The number of rotatable bonds is 11. The van der Waals surface area contributed by atoms with Crippen LogP contribution in [0.4, 0.5) is 0 Å². The first kappa shape index (κ1) is 23.6. The van der Waals surface area contributed by atoms with E-state index < -0.39 is 23.5 Å². The summed E-state index contributed by atoms with van der Waals surface area (Å²) in [5, 5.41) is 2.61. The Balaban J connectivity index is 2.61. The third-order valence-electron chi connectivity index (χ3n) is 3.71. The van der Waals surface area contributed by atoms with E-state index in [4.69, 9.17) is 9.57 Å². The highest BCUT2D eigenvalue weighted by Crippen LogP contribution is 2.06. The zero-order valence-corrected chi connectivity index (χ0v) is 17.2. The maximum absolute atomic E-state index is 12.3. The van der Waals surface area contributed by atoms with E-state index in [-0.39, 0.29) is 25.4 Å². The average molecular weight is 392 g/mol. The highest BCUT2D eigenvalue weighted by Gasteiger charge is 2.26. The molecule has 0 aliphatic carbocycles. The van der Waals surface area contributed by atoms with Gasteiger partial charge in [-0.05, 0) is 39.2 Å². The molecule has 1 aromatic carbocycles. The summed E-state index contributed by atoms with van der Waals surface area (Å²) in [6, 6.07) is 8.52. The first-order valence-corrected chi connectivity index (χ1v) is 9.68. The Hall–Kier alpha value is -2.41. The van der Waals surface area contributed by atoms with Crippen LogP contribution in [0, 0.1) is 0 Å². The average Bonchev–Trinajstić information content (AvgIpc) is 2.64. The standard InChI is InChI=1S/C21H32N2O5/c1-5-6-14-27-20(26)17(15-19(25)23-28-21(2,3)4)22-18(24)13-12-16-10-8-7-9-11-16/h7-11,17H,5-6,12-15H2,1-4H3,(H,22,24)(H,23,25)/t17-/m0/s1. The molecule has 7 nitrogen and oxygen atoms in total. The summed E-state index contributed by atoms with van der Waals surface area (Å²) >= 11 is 0. The highest BCUT2D eigenvalue weighted by molar-refractivity contribution is 5.89. The van der Waals surface area contributed by atoms with Gasteiger partial charge in [-0.2, -0.15) is 0 Å². The number of carbonyl (C=O) groups excluding carboxylic acids is 3. The molecule has 0 unspecified atom stereocenters. The van der Waals surface area contributed by atoms with E-state index in [1.54, 1.807) is 20.8 Å². The lowest BCUT2D eigenvalue weighted by Gasteiger charge is -2.21. The van der Waals surface area contributed by atoms with Crippen molar-refractivity contribution in [3.05, 3.63) is 35.9 Å². The Morgan fingerprint density at radius 2 is 1.75 bits per heavy atom.